The summed E-state index contributed by atoms with van der Waals surface area (Å²) in [5.41, 5.74) is 0. The van der Waals surface area contributed by atoms with Crippen molar-refractivity contribution < 1.29 is 37.6 Å². The van der Waals surface area contributed by atoms with Crippen LogP contribution in [0.4, 0.5) is 0 Å². The van der Waals surface area contributed by atoms with Gasteiger partial charge in [0, 0.05) is 20.0 Å². The average molecular weight is 805 g/mol. The van der Waals surface area contributed by atoms with Crippen molar-refractivity contribution in [3.63, 3.8) is 0 Å². The molecule has 0 spiro atoms. The minimum absolute atomic E-state index is 0.118. The maximum absolute atomic E-state index is 12.5. The van der Waals surface area contributed by atoms with Crippen LogP contribution in [-0.4, -0.2) is 43.3 Å². The molecule has 0 amide bonds. The Hall–Kier alpha value is -2.51. The smallest absolute Gasteiger partial charge is 0.462 e. The molecule has 0 heterocycles. The molecule has 2 atom stereocenters. The molecule has 0 aliphatic rings. The normalized spacial score (nSPS) is 14.0. The quantitative estimate of drug-likeness (QED) is 0.0282. The lowest BCUT2D eigenvalue weighted by atomic mass is 10.0. The first-order valence-electron chi connectivity index (χ1n) is 22.1. The van der Waals surface area contributed by atoms with Gasteiger partial charge in [0.2, 0.25) is 0 Å². The summed E-state index contributed by atoms with van der Waals surface area (Å²) in [5, 5.41) is 0. The molecule has 0 radical (unpaired) electrons. The standard InChI is InChI=1S/C47H81O8P/c1-4-6-8-10-12-14-16-18-20-22-24-26-28-30-32-34-36-38-40-42-47(49)55-45(44-54-56(50,51)52-3)43-53-46(48)41-39-37-35-33-31-29-27-25-23-21-19-17-15-13-11-9-7-5-2/h6,8,12,14,18,20,24,26,30,32,36,38,45H,4-5,7,9-11,13,15-17,19,21-23,25,27-29,31,33-35,37,39-44H2,1-3H3,(H,50,51)/b8-6-,14-12-,20-18-,26-24-,32-30-,38-36-. The summed E-state index contributed by atoms with van der Waals surface area (Å²) in [7, 11) is -3.24. The van der Waals surface area contributed by atoms with E-state index in [2.05, 4.69) is 79.1 Å². The first-order chi connectivity index (χ1) is 27.3. The lowest BCUT2D eigenvalue weighted by molar-refractivity contribution is -0.161. The zero-order valence-corrected chi connectivity index (χ0v) is 36.7. The number of carbonyl (C=O) groups is 2. The topological polar surface area (TPSA) is 108 Å². The number of esters is 2. The number of ether oxygens (including phenoxy) is 2. The Morgan fingerprint density at radius 1 is 0.518 bits per heavy atom. The highest BCUT2D eigenvalue weighted by Gasteiger charge is 2.24. The Bertz CT molecular complexity index is 1140. The Balaban J connectivity index is 4.10. The van der Waals surface area contributed by atoms with E-state index in [1.807, 2.05) is 12.2 Å². The van der Waals surface area contributed by atoms with Gasteiger partial charge in [-0.2, -0.15) is 0 Å². The fourth-order valence-electron chi connectivity index (χ4n) is 5.86. The van der Waals surface area contributed by atoms with Crippen LogP contribution in [0.3, 0.4) is 0 Å². The van der Waals surface area contributed by atoms with Crippen LogP contribution in [0.5, 0.6) is 0 Å². The van der Waals surface area contributed by atoms with Gasteiger partial charge >= 0.3 is 19.8 Å². The number of phosphoric ester groups is 1. The molecule has 0 saturated carbocycles. The first kappa shape index (κ1) is 53.5. The molecule has 8 nitrogen and oxygen atoms in total. The molecule has 0 saturated heterocycles. The Morgan fingerprint density at radius 2 is 0.911 bits per heavy atom. The third-order valence-corrected chi connectivity index (χ3v) is 10.2. The summed E-state index contributed by atoms with van der Waals surface area (Å²) < 4.78 is 31.9. The zero-order chi connectivity index (χ0) is 41.1. The van der Waals surface area contributed by atoms with Crippen molar-refractivity contribution in [2.24, 2.45) is 0 Å². The lowest BCUT2D eigenvalue weighted by Crippen LogP contribution is -2.29. The van der Waals surface area contributed by atoms with Gasteiger partial charge in [-0.05, 0) is 51.4 Å². The van der Waals surface area contributed by atoms with Crippen molar-refractivity contribution in [3.05, 3.63) is 72.9 Å². The van der Waals surface area contributed by atoms with Gasteiger partial charge in [-0.15, -0.1) is 0 Å². The van der Waals surface area contributed by atoms with Crippen LogP contribution in [0, 0.1) is 0 Å². The van der Waals surface area contributed by atoms with E-state index in [0.717, 1.165) is 64.9 Å². The zero-order valence-electron chi connectivity index (χ0n) is 35.8. The van der Waals surface area contributed by atoms with Crippen molar-refractivity contribution in [2.75, 3.05) is 20.3 Å². The van der Waals surface area contributed by atoms with Crippen molar-refractivity contribution in [1.29, 1.82) is 0 Å². The van der Waals surface area contributed by atoms with E-state index < -0.39 is 26.5 Å². The van der Waals surface area contributed by atoms with Crippen LogP contribution in [0.15, 0.2) is 72.9 Å². The second kappa shape index (κ2) is 42.1. The third-order valence-electron chi connectivity index (χ3n) is 9.23. The number of carbonyl (C=O) groups excluding carboxylic acids is 2. The molecule has 56 heavy (non-hydrogen) atoms. The Labute approximate surface area is 343 Å². The summed E-state index contributed by atoms with van der Waals surface area (Å²) >= 11 is 0. The molecule has 9 heteroatoms. The second-order valence-electron chi connectivity index (χ2n) is 14.5. The van der Waals surface area contributed by atoms with Crippen molar-refractivity contribution in [2.45, 2.75) is 193 Å². The average Bonchev–Trinajstić information content (AvgIpc) is 3.19. The monoisotopic (exact) mass is 805 g/mol. The Kier molecular flexibility index (Phi) is 40.2. The predicted octanol–water partition coefficient (Wildman–Crippen LogP) is 14.1. The highest BCUT2D eigenvalue weighted by atomic mass is 31.2. The van der Waals surface area contributed by atoms with Crippen LogP contribution >= 0.6 is 7.82 Å². The predicted molar refractivity (Wildman–Crippen MR) is 234 cm³/mol. The number of rotatable bonds is 40. The van der Waals surface area contributed by atoms with Crippen LogP contribution < -0.4 is 0 Å². The summed E-state index contributed by atoms with van der Waals surface area (Å²) in [6.45, 7) is 3.72. The summed E-state index contributed by atoms with van der Waals surface area (Å²) in [5.74, 6) is -0.901. The molecule has 0 rings (SSSR count). The minimum Gasteiger partial charge on any atom is -0.462 e. The third kappa shape index (κ3) is 41.1. The molecule has 322 valence electrons. The summed E-state index contributed by atoms with van der Waals surface area (Å²) in [6, 6.07) is 0. The van der Waals surface area contributed by atoms with E-state index in [9.17, 15) is 19.0 Å². The molecule has 0 bridgehead atoms. The number of unbranched alkanes of at least 4 members (excludes halogenated alkanes) is 17. The van der Waals surface area contributed by atoms with Gasteiger partial charge in [-0.1, -0.05) is 196 Å². The number of hydrogen-bond acceptors (Lipinski definition) is 7. The van der Waals surface area contributed by atoms with E-state index >= 15 is 0 Å². The number of hydrogen-bond donors (Lipinski definition) is 1. The van der Waals surface area contributed by atoms with Crippen molar-refractivity contribution >= 4 is 19.8 Å². The molecule has 0 aromatic carbocycles. The van der Waals surface area contributed by atoms with Crippen LogP contribution in [0.25, 0.3) is 0 Å². The van der Waals surface area contributed by atoms with Crippen LogP contribution in [0.1, 0.15) is 187 Å². The summed E-state index contributed by atoms with van der Waals surface area (Å²) in [4.78, 5) is 34.5. The van der Waals surface area contributed by atoms with Gasteiger partial charge in [-0.3, -0.25) is 18.6 Å². The van der Waals surface area contributed by atoms with E-state index in [4.69, 9.17) is 14.0 Å². The molecule has 0 fully saturated rings. The fraction of sp³-hybridized carbons (Fsp3) is 0.702. The van der Waals surface area contributed by atoms with Crippen molar-refractivity contribution in [3.8, 4) is 0 Å². The fourth-order valence-corrected chi connectivity index (χ4v) is 6.32. The number of allylic oxidation sites excluding steroid dienone is 12. The maximum atomic E-state index is 12.5. The minimum atomic E-state index is -4.29. The van der Waals surface area contributed by atoms with E-state index in [1.165, 1.54) is 96.3 Å². The molecule has 0 aromatic rings. The first-order valence-corrected chi connectivity index (χ1v) is 23.6. The summed E-state index contributed by atoms with van der Waals surface area (Å²) in [6.07, 6.45) is 54.0. The molecule has 0 aliphatic carbocycles. The highest BCUT2D eigenvalue weighted by Crippen LogP contribution is 2.42. The van der Waals surface area contributed by atoms with Gasteiger partial charge < -0.3 is 14.4 Å². The van der Waals surface area contributed by atoms with Crippen LogP contribution in [-0.2, 0) is 32.7 Å². The van der Waals surface area contributed by atoms with E-state index in [1.54, 1.807) is 0 Å². The molecule has 0 aromatic heterocycles. The van der Waals surface area contributed by atoms with E-state index in [-0.39, 0.29) is 25.4 Å². The second-order valence-corrected chi connectivity index (χ2v) is 16.0. The molecular formula is C47H81O8P. The SMILES string of the molecule is CC/C=C\C/C=C\C/C=C\C/C=C\C/C=C\C/C=C\CCC(=O)OC(COC(=O)CCCCCCCCCCCCCCCCCCCC)COP(=O)(O)OC. The number of phosphoric acid groups is 1. The molecular weight excluding hydrogens is 723 g/mol. The van der Waals surface area contributed by atoms with Crippen LogP contribution in [0.2, 0.25) is 0 Å². The van der Waals surface area contributed by atoms with Gasteiger partial charge in [0.1, 0.15) is 6.61 Å². The van der Waals surface area contributed by atoms with Gasteiger partial charge in [0.15, 0.2) is 6.10 Å². The van der Waals surface area contributed by atoms with E-state index in [0.29, 0.717) is 6.42 Å². The van der Waals surface area contributed by atoms with Gasteiger partial charge in [0.25, 0.3) is 0 Å². The van der Waals surface area contributed by atoms with Gasteiger partial charge in [-0.25, -0.2) is 4.57 Å². The molecule has 2 unspecified atom stereocenters. The van der Waals surface area contributed by atoms with Crippen molar-refractivity contribution in [1.82, 2.24) is 0 Å². The Morgan fingerprint density at radius 3 is 1.32 bits per heavy atom. The van der Waals surface area contributed by atoms with Gasteiger partial charge in [0.05, 0.1) is 6.61 Å². The highest BCUT2D eigenvalue weighted by molar-refractivity contribution is 7.47. The molecule has 1 N–H and O–H groups in total. The molecule has 0 aliphatic heterocycles. The lowest BCUT2D eigenvalue weighted by Gasteiger charge is -2.19. The largest absolute Gasteiger partial charge is 0.472 e. The maximum Gasteiger partial charge on any atom is 0.472 e.